The van der Waals surface area contributed by atoms with Gasteiger partial charge in [0.15, 0.2) is 11.0 Å². The van der Waals surface area contributed by atoms with Gasteiger partial charge in [-0.3, -0.25) is 15.1 Å². The van der Waals surface area contributed by atoms with Gasteiger partial charge in [0.25, 0.3) is 0 Å². The molecule has 156 valence electrons. The molecule has 9 heteroatoms. The summed E-state index contributed by atoms with van der Waals surface area (Å²) in [5, 5.41) is 8.23. The van der Waals surface area contributed by atoms with Crippen LogP contribution in [0.3, 0.4) is 0 Å². The molecule has 0 unspecified atom stereocenters. The number of hydrogen-bond donors (Lipinski definition) is 2. The maximum atomic E-state index is 13.6. The fourth-order valence-corrected chi connectivity index (χ4v) is 4.46. The molecule has 7 nitrogen and oxygen atoms in total. The number of halogens is 1. The quantitative estimate of drug-likeness (QED) is 0.379. The van der Waals surface area contributed by atoms with Gasteiger partial charge < -0.3 is 9.72 Å². The van der Waals surface area contributed by atoms with Crippen LogP contribution in [0.25, 0.3) is 55.2 Å². The van der Waals surface area contributed by atoms with E-state index in [1.165, 1.54) is 6.07 Å². The molecular weight excluding hydrogens is 427 g/mol. The first kappa shape index (κ1) is 18.6. The van der Waals surface area contributed by atoms with Crippen molar-refractivity contribution >= 4 is 33.3 Å². The summed E-state index contributed by atoms with van der Waals surface area (Å²) in [5.74, 6) is 1.30. The molecule has 0 spiro atoms. The lowest BCUT2D eigenvalue weighted by Gasteiger charge is -2.04. The van der Waals surface area contributed by atoms with Gasteiger partial charge in [-0.2, -0.15) is 9.49 Å². The fourth-order valence-electron chi connectivity index (χ4n) is 3.73. The Bertz CT molecular complexity index is 1600. The minimum atomic E-state index is -0.257. The van der Waals surface area contributed by atoms with Gasteiger partial charge in [0.2, 0.25) is 0 Å². The van der Waals surface area contributed by atoms with E-state index >= 15 is 0 Å². The Morgan fingerprint density at radius 3 is 2.75 bits per heavy atom. The van der Waals surface area contributed by atoms with E-state index in [1.54, 1.807) is 31.8 Å². The zero-order chi connectivity index (χ0) is 21.7. The normalized spacial score (nSPS) is 11.4. The third-order valence-corrected chi connectivity index (χ3v) is 6.16. The van der Waals surface area contributed by atoms with Crippen LogP contribution in [0.1, 0.15) is 0 Å². The number of benzene rings is 1. The van der Waals surface area contributed by atoms with Crippen LogP contribution in [0, 0.1) is 5.13 Å². The highest BCUT2D eigenvalue weighted by atomic mass is 32.1. The summed E-state index contributed by atoms with van der Waals surface area (Å²) < 4.78 is 18.9. The van der Waals surface area contributed by atoms with Gasteiger partial charge in [-0.05, 0) is 42.0 Å². The molecule has 0 amide bonds. The van der Waals surface area contributed by atoms with Crippen LogP contribution < -0.4 is 4.74 Å². The van der Waals surface area contributed by atoms with Crippen molar-refractivity contribution in [1.29, 1.82) is 0 Å². The predicted octanol–water partition coefficient (Wildman–Crippen LogP) is 5.44. The van der Waals surface area contributed by atoms with E-state index < -0.39 is 0 Å². The lowest BCUT2D eigenvalue weighted by Crippen LogP contribution is -1.86. The average molecular weight is 442 g/mol. The third kappa shape index (κ3) is 3.02. The molecule has 1 aromatic carbocycles. The second-order valence-corrected chi connectivity index (χ2v) is 8.22. The van der Waals surface area contributed by atoms with Crippen LogP contribution in [-0.2, 0) is 0 Å². The molecule has 6 rings (SSSR count). The van der Waals surface area contributed by atoms with Crippen LogP contribution in [0.5, 0.6) is 5.75 Å². The Kier molecular flexibility index (Phi) is 4.22. The van der Waals surface area contributed by atoms with Crippen LogP contribution in [0.4, 0.5) is 4.39 Å². The van der Waals surface area contributed by atoms with Gasteiger partial charge in [0, 0.05) is 23.3 Å². The summed E-state index contributed by atoms with van der Waals surface area (Å²) >= 11 is 1.05. The van der Waals surface area contributed by atoms with E-state index in [4.69, 9.17) is 9.72 Å². The van der Waals surface area contributed by atoms with Gasteiger partial charge in [0.05, 0.1) is 29.2 Å². The number of H-pyrrole nitrogens is 2. The van der Waals surface area contributed by atoms with Crippen molar-refractivity contribution in [3.05, 3.63) is 66.2 Å². The minimum Gasteiger partial charge on any atom is -0.495 e. The number of aromatic nitrogens is 6. The maximum absolute atomic E-state index is 13.6. The summed E-state index contributed by atoms with van der Waals surface area (Å²) in [4.78, 5) is 17.5. The van der Waals surface area contributed by atoms with Crippen LogP contribution in [0.2, 0.25) is 0 Å². The molecule has 0 bridgehead atoms. The van der Waals surface area contributed by atoms with E-state index in [0.717, 1.165) is 43.8 Å². The third-order valence-electron chi connectivity index (χ3n) is 5.28. The molecule has 0 saturated heterocycles. The molecule has 0 aliphatic carbocycles. The Morgan fingerprint density at radius 2 is 1.91 bits per heavy atom. The number of aromatic amines is 2. The minimum absolute atomic E-state index is 0.257. The number of methoxy groups -OCH3 is 1. The number of nitrogens with zero attached hydrogens (tertiary/aromatic N) is 4. The number of thiophene rings is 1. The molecule has 5 heterocycles. The standard InChI is InChI=1S/C23H15FN6OS/c1-31-14-8-13(10-25-11-14)12-2-3-16-15(9-12)20(30-29-16)23-27-17-6-7-26-22(21(17)28-23)18-4-5-19(24)32-18/h2-11H,1H3,(H,27,28)(H,29,30). The molecule has 6 aromatic rings. The number of imidazole rings is 1. The summed E-state index contributed by atoms with van der Waals surface area (Å²) in [5.41, 5.74) is 5.63. The summed E-state index contributed by atoms with van der Waals surface area (Å²) in [6.07, 6.45) is 5.15. The predicted molar refractivity (Wildman–Crippen MR) is 122 cm³/mol. The number of ether oxygens (including phenoxy) is 1. The SMILES string of the molecule is COc1cncc(-c2ccc3[nH]nc(-c4nc5c(-c6ccc(F)s6)nccc5[nH]4)c3c2)c1. The topological polar surface area (TPSA) is 92.4 Å². The van der Waals surface area contributed by atoms with E-state index in [0.29, 0.717) is 28.5 Å². The fraction of sp³-hybridized carbons (Fsp3) is 0.0435. The number of nitrogens with one attached hydrogen (secondary N) is 2. The first-order valence-electron chi connectivity index (χ1n) is 9.78. The van der Waals surface area contributed by atoms with Crippen LogP contribution >= 0.6 is 11.3 Å². The highest BCUT2D eigenvalue weighted by molar-refractivity contribution is 7.13. The Morgan fingerprint density at radius 1 is 0.969 bits per heavy atom. The first-order chi connectivity index (χ1) is 15.7. The second-order valence-electron chi connectivity index (χ2n) is 7.19. The Balaban J connectivity index is 1.49. The Labute approximate surface area is 185 Å². The number of hydrogen-bond acceptors (Lipinski definition) is 6. The van der Waals surface area contributed by atoms with Gasteiger partial charge in [0.1, 0.15) is 22.7 Å². The average Bonchev–Trinajstić information content (AvgIpc) is 3.55. The molecule has 0 saturated carbocycles. The number of fused-ring (bicyclic) bond motifs is 2. The van der Waals surface area contributed by atoms with Crippen molar-refractivity contribution in [1.82, 2.24) is 30.1 Å². The molecule has 0 fully saturated rings. The van der Waals surface area contributed by atoms with E-state index in [1.807, 2.05) is 30.3 Å². The van der Waals surface area contributed by atoms with Crippen LogP contribution in [-0.4, -0.2) is 37.2 Å². The lowest BCUT2D eigenvalue weighted by molar-refractivity contribution is 0.413. The molecule has 0 aliphatic heterocycles. The van der Waals surface area contributed by atoms with Gasteiger partial charge >= 0.3 is 0 Å². The van der Waals surface area contributed by atoms with Crippen molar-refractivity contribution in [3.8, 4) is 39.0 Å². The van der Waals surface area contributed by atoms with Gasteiger partial charge in [-0.25, -0.2) is 4.98 Å². The van der Waals surface area contributed by atoms with E-state index in [-0.39, 0.29) is 5.13 Å². The molecule has 5 aromatic heterocycles. The lowest BCUT2D eigenvalue weighted by atomic mass is 10.0. The van der Waals surface area contributed by atoms with Crippen molar-refractivity contribution in [2.45, 2.75) is 0 Å². The zero-order valence-electron chi connectivity index (χ0n) is 16.8. The van der Waals surface area contributed by atoms with Gasteiger partial charge in [-0.15, -0.1) is 11.3 Å². The highest BCUT2D eigenvalue weighted by Crippen LogP contribution is 2.34. The maximum Gasteiger partial charge on any atom is 0.177 e. The highest BCUT2D eigenvalue weighted by Gasteiger charge is 2.17. The van der Waals surface area contributed by atoms with E-state index in [9.17, 15) is 4.39 Å². The number of pyridine rings is 2. The summed E-state index contributed by atoms with van der Waals surface area (Å²) in [6, 6.07) is 13.0. The molecule has 2 N–H and O–H groups in total. The van der Waals surface area contributed by atoms with Crippen LogP contribution in [0.15, 0.2) is 61.1 Å². The van der Waals surface area contributed by atoms with Crippen molar-refractivity contribution < 1.29 is 9.13 Å². The Hall–Kier alpha value is -4.11. The van der Waals surface area contributed by atoms with E-state index in [2.05, 4.69) is 25.1 Å². The smallest absolute Gasteiger partial charge is 0.177 e. The molecule has 0 aliphatic rings. The number of rotatable bonds is 4. The zero-order valence-corrected chi connectivity index (χ0v) is 17.6. The van der Waals surface area contributed by atoms with Crippen molar-refractivity contribution in [3.63, 3.8) is 0 Å². The van der Waals surface area contributed by atoms with Gasteiger partial charge in [-0.1, -0.05) is 6.07 Å². The molecule has 32 heavy (non-hydrogen) atoms. The monoisotopic (exact) mass is 442 g/mol. The molecular formula is C23H15FN6OS. The summed E-state index contributed by atoms with van der Waals surface area (Å²) in [7, 11) is 1.62. The summed E-state index contributed by atoms with van der Waals surface area (Å²) in [6.45, 7) is 0. The van der Waals surface area contributed by atoms with Crippen molar-refractivity contribution in [2.75, 3.05) is 7.11 Å². The second kappa shape index (κ2) is 7.24. The molecule has 0 atom stereocenters. The molecule has 0 radical (unpaired) electrons. The first-order valence-corrected chi connectivity index (χ1v) is 10.6. The van der Waals surface area contributed by atoms with Crippen molar-refractivity contribution in [2.24, 2.45) is 0 Å². The largest absolute Gasteiger partial charge is 0.495 e.